The van der Waals surface area contributed by atoms with Crippen molar-refractivity contribution in [1.82, 2.24) is 28.7 Å². The van der Waals surface area contributed by atoms with Gasteiger partial charge in [0.15, 0.2) is 16.9 Å². The molecule has 12 heteroatoms. The summed E-state index contributed by atoms with van der Waals surface area (Å²) in [4.78, 5) is 67.1. The maximum absolute atomic E-state index is 13.3. The number of hydrogen-bond acceptors (Lipinski definition) is 8. The van der Waals surface area contributed by atoms with E-state index in [4.69, 9.17) is 0 Å². The third-order valence-corrected chi connectivity index (χ3v) is 8.63. The monoisotopic (exact) mass is 540 g/mol. The van der Waals surface area contributed by atoms with E-state index >= 15 is 0 Å². The fourth-order valence-electron chi connectivity index (χ4n) is 6.12. The van der Waals surface area contributed by atoms with Gasteiger partial charge in [-0.1, -0.05) is 13.0 Å². The number of ketones is 1. The zero-order valence-electron chi connectivity index (χ0n) is 22.3. The van der Waals surface area contributed by atoms with E-state index in [0.717, 1.165) is 40.2 Å². The number of anilines is 2. The van der Waals surface area contributed by atoms with Gasteiger partial charge < -0.3 is 14.8 Å². The molecule has 1 amide bonds. The maximum atomic E-state index is 13.3. The summed E-state index contributed by atoms with van der Waals surface area (Å²) >= 11 is 0. The molecule has 2 unspecified atom stereocenters. The largest absolute Gasteiger partial charge is 0.353 e. The molecule has 2 saturated carbocycles. The predicted octanol–water partition coefficient (Wildman–Crippen LogP) is 1.60. The lowest BCUT2D eigenvalue weighted by Gasteiger charge is -2.17. The topological polar surface area (TPSA) is 137 Å². The Labute approximate surface area is 228 Å². The standard InChI is InChI=1S/C28H28N8O4/c1-4-16(37)11-35-27(39)24-25(33(3)28(35)40)30-13-36(24)14(2)26(38)32-19-7-5-6-18(31-19)15-8-9-20(29-10-15)34-12-17-21-22(17)23(21)34/h5-10,13-14,17,21-23H,4,11-12H2,1-3H3,(H,31,32,38)/t14-,17?,21?,22?,23?/m0/s1. The molecular weight excluding hydrogens is 512 g/mol. The van der Waals surface area contributed by atoms with E-state index < -0.39 is 23.2 Å². The van der Waals surface area contributed by atoms with Gasteiger partial charge in [-0.25, -0.2) is 19.7 Å². The number of Topliss-reactive ketones (excluding diaryl/α,β-unsaturated/α-hetero) is 1. The van der Waals surface area contributed by atoms with Gasteiger partial charge in [0.1, 0.15) is 17.7 Å². The van der Waals surface area contributed by atoms with E-state index in [2.05, 4.69) is 25.2 Å². The summed E-state index contributed by atoms with van der Waals surface area (Å²) in [5.74, 6) is 3.38. The van der Waals surface area contributed by atoms with Crippen molar-refractivity contribution in [3.63, 3.8) is 0 Å². The van der Waals surface area contributed by atoms with Crippen LogP contribution in [0.2, 0.25) is 0 Å². The number of fused-ring (bicyclic) bond motifs is 2. The van der Waals surface area contributed by atoms with Crippen molar-refractivity contribution in [2.24, 2.45) is 24.8 Å². The number of aromatic nitrogens is 6. The van der Waals surface area contributed by atoms with Gasteiger partial charge in [-0.05, 0) is 48.9 Å². The quantitative estimate of drug-likeness (QED) is 0.356. The van der Waals surface area contributed by atoms with Gasteiger partial charge in [-0.2, -0.15) is 0 Å². The van der Waals surface area contributed by atoms with Crippen LogP contribution in [0.15, 0.2) is 52.4 Å². The zero-order valence-corrected chi connectivity index (χ0v) is 22.3. The summed E-state index contributed by atoms with van der Waals surface area (Å²) in [6.45, 7) is 4.06. The molecule has 3 atom stereocenters. The lowest BCUT2D eigenvalue weighted by Crippen LogP contribution is -2.41. The number of carbonyl (C=O) groups is 2. The second-order valence-corrected chi connectivity index (χ2v) is 10.9. The number of piperidine rings is 1. The molecule has 4 aromatic heterocycles. The molecule has 1 N–H and O–H groups in total. The Kier molecular flexibility index (Phi) is 5.31. The van der Waals surface area contributed by atoms with Gasteiger partial charge in [0.25, 0.3) is 5.56 Å². The molecule has 40 heavy (non-hydrogen) atoms. The van der Waals surface area contributed by atoms with Gasteiger partial charge in [0.05, 0.1) is 18.6 Å². The van der Waals surface area contributed by atoms with Gasteiger partial charge >= 0.3 is 5.69 Å². The molecule has 2 aliphatic carbocycles. The minimum Gasteiger partial charge on any atom is -0.353 e. The molecule has 4 fully saturated rings. The Hall–Kier alpha value is -4.61. The number of amides is 1. The minimum atomic E-state index is -0.856. The SMILES string of the molecule is CCC(=O)Cn1c(=O)c2c(ncn2[C@@H](C)C(=O)Nc2cccc(-c3ccc(N4CC5C6C5C64)nc3)n2)n(C)c1=O. The first-order chi connectivity index (χ1) is 19.3. The van der Waals surface area contributed by atoms with E-state index in [1.807, 2.05) is 24.4 Å². The van der Waals surface area contributed by atoms with Crippen LogP contribution in [0.5, 0.6) is 0 Å². The lowest BCUT2D eigenvalue weighted by molar-refractivity contribution is -0.120. The number of carbonyl (C=O) groups excluding carboxylic acids is 2. The highest BCUT2D eigenvalue weighted by atomic mass is 16.2. The summed E-state index contributed by atoms with van der Waals surface area (Å²) < 4.78 is 3.50. The number of aryl methyl sites for hydroxylation is 1. The van der Waals surface area contributed by atoms with Crippen molar-refractivity contribution in [2.75, 3.05) is 16.8 Å². The molecule has 0 radical (unpaired) electrons. The Morgan fingerprint density at radius 3 is 2.60 bits per heavy atom. The fraction of sp³-hybridized carbons (Fsp3) is 0.393. The third kappa shape index (κ3) is 3.62. The second-order valence-electron chi connectivity index (χ2n) is 10.9. The summed E-state index contributed by atoms with van der Waals surface area (Å²) in [7, 11) is 1.48. The first-order valence-corrected chi connectivity index (χ1v) is 13.5. The highest BCUT2D eigenvalue weighted by molar-refractivity contribution is 5.93. The molecule has 6 heterocycles. The van der Waals surface area contributed by atoms with E-state index in [-0.39, 0.29) is 29.9 Å². The smallest absolute Gasteiger partial charge is 0.332 e. The summed E-state index contributed by atoms with van der Waals surface area (Å²) in [6.07, 6.45) is 3.36. The highest BCUT2D eigenvalue weighted by Gasteiger charge is 2.80. The molecule has 12 nitrogen and oxygen atoms in total. The van der Waals surface area contributed by atoms with Crippen molar-refractivity contribution in [1.29, 1.82) is 0 Å². The van der Waals surface area contributed by atoms with Crippen LogP contribution in [0.3, 0.4) is 0 Å². The van der Waals surface area contributed by atoms with Gasteiger partial charge in [-0.3, -0.25) is 23.5 Å². The van der Waals surface area contributed by atoms with Crippen LogP contribution in [0.1, 0.15) is 26.3 Å². The molecule has 0 aromatic carbocycles. The third-order valence-electron chi connectivity index (χ3n) is 8.63. The number of nitrogens with zero attached hydrogens (tertiary/aromatic N) is 7. The van der Waals surface area contributed by atoms with Crippen molar-refractivity contribution in [3.8, 4) is 11.3 Å². The van der Waals surface area contributed by atoms with E-state index in [1.165, 1.54) is 22.5 Å². The van der Waals surface area contributed by atoms with Crippen LogP contribution in [-0.2, 0) is 23.2 Å². The highest BCUT2D eigenvalue weighted by Crippen LogP contribution is 2.75. The van der Waals surface area contributed by atoms with Gasteiger partial charge in [-0.15, -0.1) is 0 Å². The van der Waals surface area contributed by atoms with Crippen molar-refractivity contribution in [3.05, 3.63) is 63.7 Å². The van der Waals surface area contributed by atoms with Crippen molar-refractivity contribution in [2.45, 2.75) is 38.9 Å². The number of imidazole rings is 1. The first kappa shape index (κ1) is 24.4. The Morgan fingerprint density at radius 1 is 1.12 bits per heavy atom. The molecule has 2 aliphatic heterocycles. The first-order valence-electron chi connectivity index (χ1n) is 13.5. The lowest BCUT2D eigenvalue weighted by atomic mass is 10.2. The van der Waals surface area contributed by atoms with Crippen LogP contribution in [0, 0.1) is 17.8 Å². The van der Waals surface area contributed by atoms with Crippen LogP contribution >= 0.6 is 0 Å². The van der Waals surface area contributed by atoms with E-state index in [1.54, 1.807) is 26.0 Å². The van der Waals surface area contributed by atoms with Crippen LogP contribution in [0.25, 0.3) is 22.4 Å². The predicted molar refractivity (Wildman–Crippen MR) is 147 cm³/mol. The molecular formula is C28H28N8O4. The normalized spacial score (nSPS) is 22.7. The average Bonchev–Trinajstić information content (AvgIpc) is 3.65. The molecule has 8 rings (SSSR count). The van der Waals surface area contributed by atoms with Crippen molar-refractivity contribution < 1.29 is 9.59 Å². The van der Waals surface area contributed by atoms with Crippen LogP contribution < -0.4 is 21.5 Å². The number of pyridine rings is 2. The van der Waals surface area contributed by atoms with Crippen molar-refractivity contribution >= 4 is 34.5 Å². The molecule has 0 spiro atoms. The molecule has 204 valence electrons. The number of rotatable bonds is 8. The Bertz CT molecular complexity index is 1800. The van der Waals surface area contributed by atoms with Gasteiger partial charge in [0, 0.05) is 37.8 Å². The molecule has 2 bridgehead atoms. The molecule has 4 aromatic rings. The maximum Gasteiger partial charge on any atom is 0.332 e. The number of hydrogen-bond donors (Lipinski definition) is 1. The molecule has 2 saturated heterocycles. The van der Waals surface area contributed by atoms with Crippen LogP contribution in [-0.4, -0.2) is 52.9 Å². The summed E-state index contributed by atoms with van der Waals surface area (Å²) in [5, 5.41) is 2.82. The Morgan fingerprint density at radius 2 is 1.93 bits per heavy atom. The Balaban J connectivity index is 1.12. The second kappa shape index (κ2) is 8.70. The fourth-order valence-corrected chi connectivity index (χ4v) is 6.12. The van der Waals surface area contributed by atoms with Gasteiger partial charge in [0.2, 0.25) is 5.91 Å². The average molecular weight is 541 g/mol. The summed E-state index contributed by atoms with van der Waals surface area (Å²) in [6, 6.07) is 9.22. The number of nitrogens with one attached hydrogen (secondary N) is 1. The van der Waals surface area contributed by atoms with Crippen LogP contribution in [0.4, 0.5) is 11.6 Å². The zero-order chi connectivity index (χ0) is 27.9. The van der Waals surface area contributed by atoms with E-state index in [9.17, 15) is 19.2 Å². The molecule has 4 aliphatic rings. The van der Waals surface area contributed by atoms with E-state index in [0.29, 0.717) is 17.6 Å². The summed E-state index contributed by atoms with van der Waals surface area (Å²) in [5.41, 5.74) is 0.420. The minimum absolute atomic E-state index is 0.0682.